The first-order valence-electron chi connectivity index (χ1n) is 5.74. The molecule has 0 atom stereocenters. The first-order chi connectivity index (χ1) is 9.08. The van der Waals surface area contributed by atoms with E-state index in [2.05, 4.69) is 10.5 Å². The molecule has 0 aromatic heterocycles. The van der Waals surface area contributed by atoms with Crippen LogP contribution in [0.15, 0.2) is 29.4 Å². The van der Waals surface area contributed by atoms with Crippen molar-refractivity contribution in [2.45, 2.75) is 13.8 Å². The van der Waals surface area contributed by atoms with Crippen molar-refractivity contribution in [2.24, 2.45) is 5.10 Å². The number of rotatable bonds is 5. The van der Waals surface area contributed by atoms with E-state index in [1.165, 1.54) is 6.92 Å². The maximum atomic E-state index is 11.7. The van der Waals surface area contributed by atoms with Gasteiger partial charge in [-0.15, -0.1) is 0 Å². The third kappa shape index (κ3) is 4.42. The monoisotopic (exact) mass is 264 g/mol. The Balaban J connectivity index is 2.64. The van der Waals surface area contributed by atoms with Gasteiger partial charge in [-0.05, 0) is 38.1 Å². The first-order valence-corrected chi connectivity index (χ1v) is 5.74. The Labute approximate surface area is 111 Å². The quantitative estimate of drug-likeness (QED) is 0.495. The highest BCUT2D eigenvalue weighted by Gasteiger charge is 2.08. The molecule has 0 heterocycles. The molecular formula is C13H16N2O4. The van der Waals surface area contributed by atoms with Crippen LogP contribution in [0.1, 0.15) is 24.2 Å². The summed E-state index contributed by atoms with van der Waals surface area (Å²) in [6.45, 7) is 3.42. The third-order valence-corrected chi connectivity index (χ3v) is 2.25. The molecule has 0 saturated carbocycles. The van der Waals surface area contributed by atoms with E-state index >= 15 is 0 Å². The highest BCUT2D eigenvalue weighted by Crippen LogP contribution is 2.10. The smallest absolute Gasteiger partial charge is 0.354 e. The summed E-state index contributed by atoms with van der Waals surface area (Å²) in [6, 6.07) is 6.53. The average molecular weight is 264 g/mol. The molecular weight excluding hydrogens is 248 g/mol. The Morgan fingerprint density at radius 2 is 1.89 bits per heavy atom. The van der Waals surface area contributed by atoms with Gasteiger partial charge in [0.25, 0.3) is 5.91 Å². The molecule has 1 N–H and O–H groups in total. The second-order valence-corrected chi connectivity index (χ2v) is 3.59. The van der Waals surface area contributed by atoms with Crippen molar-refractivity contribution < 1.29 is 19.1 Å². The van der Waals surface area contributed by atoms with Crippen LogP contribution in [0.4, 0.5) is 0 Å². The van der Waals surface area contributed by atoms with Gasteiger partial charge >= 0.3 is 5.97 Å². The Bertz CT molecular complexity index is 480. The number of nitrogens with one attached hydrogen (secondary N) is 1. The maximum Gasteiger partial charge on any atom is 0.354 e. The molecule has 0 saturated heterocycles. The minimum absolute atomic E-state index is 0.0868. The van der Waals surface area contributed by atoms with Crippen LogP contribution in [-0.2, 0) is 9.53 Å². The van der Waals surface area contributed by atoms with Crippen LogP contribution >= 0.6 is 0 Å². The fourth-order valence-corrected chi connectivity index (χ4v) is 1.22. The molecule has 102 valence electrons. The number of carbonyl (C=O) groups excluding carboxylic acids is 2. The minimum Gasteiger partial charge on any atom is -0.497 e. The van der Waals surface area contributed by atoms with Gasteiger partial charge < -0.3 is 9.47 Å². The van der Waals surface area contributed by atoms with Crippen LogP contribution in [0, 0.1) is 0 Å². The van der Waals surface area contributed by atoms with E-state index in [0.29, 0.717) is 11.3 Å². The van der Waals surface area contributed by atoms with Crippen molar-refractivity contribution in [2.75, 3.05) is 13.7 Å². The Morgan fingerprint density at radius 3 is 2.42 bits per heavy atom. The van der Waals surface area contributed by atoms with E-state index in [-0.39, 0.29) is 12.3 Å². The molecule has 0 fully saturated rings. The molecule has 1 aromatic rings. The highest BCUT2D eigenvalue weighted by molar-refractivity contribution is 6.35. The van der Waals surface area contributed by atoms with E-state index < -0.39 is 11.9 Å². The standard InChI is InChI=1S/C13H16N2O4/c1-4-19-13(17)9(2)14-15-12(16)10-5-7-11(18-3)8-6-10/h5-8H,4H2,1-3H3,(H,15,16)/b14-9-. The van der Waals surface area contributed by atoms with Gasteiger partial charge in [0.1, 0.15) is 11.5 Å². The summed E-state index contributed by atoms with van der Waals surface area (Å²) >= 11 is 0. The summed E-state index contributed by atoms with van der Waals surface area (Å²) in [7, 11) is 1.54. The molecule has 0 aliphatic heterocycles. The summed E-state index contributed by atoms with van der Waals surface area (Å²) in [5.41, 5.74) is 2.79. The van der Waals surface area contributed by atoms with Crippen LogP contribution in [0.3, 0.4) is 0 Å². The largest absolute Gasteiger partial charge is 0.497 e. The zero-order valence-electron chi connectivity index (χ0n) is 11.1. The van der Waals surface area contributed by atoms with Crippen molar-refractivity contribution in [3.63, 3.8) is 0 Å². The molecule has 0 aliphatic rings. The number of hydrogen-bond acceptors (Lipinski definition) is 5. The minimum atomic E-state index is -0.558. The lowest BCUT2D eigenvalue weighted by atomic mass is 10.2. The van der Waals surface area contributed by atoms with Crippen molar-refractivity contribution >= 4 is 17.6 Å². The molecule has 1 amide bonds. The SMILES string of the molecule is CCOC(=O)/C(C)=N\NC(=O)c1ccc(OC)cc1. The van der Waals surface area contributed by atoms with Crippen molar-refractivity contribution in [3.05, 3.63) is 29.8 Å². The molecule has 0 aliphatic carbocycles. The second-order valence-electron chi connectivity index (χ2n) is 3.59. The van der Waals surface area contributed by atoms with Gasteiger partial charge in [0.05, 0.1) is 13.7 Å². The number of esters is 1. The molecule has 1 aromatic carbocycles. The molecule has 1 rings (SSSR count). The fourth-order valence-electron chi connectivity index (χ4n) is 1.22. The second kappa shape index (κ2) is 7.15. The van der Waals surface area contributed by atoms with E-state index in [4.69, 9.17) is 9.47 Å². The van der Waals surface area contributed by atoms with E-state index in [1.807, 2.05) is 0 Å². The van der Waals surface area contributed by atoms with Gasteiger partial charge in [-0.2, -0.15) is 5.10 Å². The van der Waals surface area contributed by atoms with E-state index in [1.54, 1.807) is 38.3 Å². The van der Waals surface area contributed by atoms with Gasteiger partial charge in [0.15, 0.2) is 0 Å². The maximum absolute atomic E-state index is 11.7. The lowest BCUT2D eigenvalue weighted by molar-refractivity contribution is -0.135. The number of hydrazone groups is 1. The number of methoxy groups -OCH3 is 1. The average Bonchev–Trinajstić information content (AvgIpc) is 2.44. The van der Waals surface area contributed by atoms with Crippen molar-refractivity contribution in [3.8, 4) is 5.75 Å². The molecule has 6 nitrogen and oxygen atoms in total. The normalized spacial score (nSPS) is 10.8. The zero-order valence-corrected chi connectivity index (χ0v) is 11.1. The van der Waals surface area contributed by atoms with Crippen molar-refractivity contribution in [1.29, 1.82) is 0 Å². The van der Waals surface area contributed by atoms with Crippen LogP contribution in [0.2, 0.25) is 0 Å². The van der Waals surface area contributed by atoms with Crippen molar-refractivity contribution in [1.82, 2.24) is 5.43 Å². The summed E-state index contributed by atoms with van der Waals surface area (Å²) in [4.78, 5) is 23.0. The number of benzene rings is 1. The molecule has 0 bridgehead atoms. The topological polar surface area (TPSA) is 77.0 Å². The van der Waals surface area contributed by atoms with Crippen LogP contribution in [-0.4, -0.2) is 31.3 Å². The predicted octanol–water partition coefficient (Wildman–Crippen LogP) is 1.36. The Morgan fingerprint density at radius 1 is 1.26 bits per heavy atom. The van der Waals surface area contributed by atoms with Gasteiger partial charge in [-0.25, -0.2) is 10.2 Å². The van der Waals surface area contributed by atoms with E-state index in [0.717, 1.165) is 0 Å². The lowest BCUT2D eigenvalue weighted by Gasteiger charge is -2.03. The number of carbonyl (C=O) groups is 2. The highest BCUT2D eigenvalue weighted by atomic mass is 16.5. The number of nitrogens with zero attached hydrogens (tertiary/aromatic N) is 1. The predicted molar refractivity (Wildman–Crippen MR) is 70.2 cm³/mol. The Kier molecular flexibility index (Phi) is 5.53. The van der Waals surface area contributed by atoms with Gasteiger partial charge in [0, 0.05) is 5.56 Å². The third-order valence-electron chi connectivity index (χ3n) is 2.25. The fraction of sp³-hybridized carbons (Fsp3) is 0.308. The van der Waals surface area contributed by atoms with Crippen LogP contribution in [0.25, 0.3) is 0 Å². The molecule has 0 unspecified atom stereocenters. The molecule has 0 spiro atoms. The molecule has 6 heteroatoms. The number of hydrogen-bond donors (Lipinski definition) is 1. The summed E-state index contributed by atoms with van der Waals surface area (Å²) < 4.78 is 9.72. The van der Waals surface area contributed by atoms with Gasteiger partial charge in [-0.1, -0.05) is 0 Å². The number of ether oxygens (including phenoxy) is 2. The molecule has 0 radical (unpaired) electrons. The number of amides is 1. The Hall–Kier alpha value is -2.37. The van der Waals surface area contributed by atoms with Crippen LogP contribution in [0.5, 0.6) is 5.75 Å². The van der Waals surface area contributed by atoms with Gasteiger partial charge in [0.2, 0.25) is 0 Å². The summed E-state index contributed by atoms with van der Waals surface area (Å²) in [6.07, 6.45) is 0. The summed E-state index contributed by atoms with van der Waals surface area (Å²) in [5.74, 6) is -0.313. The first kappa shape index (κ1) is 14.7. The van der Waals surface area contributed by atoms with Gasteiger partial charge in [-0.3, -0.25) is 4.79 Å². The summed E-state index contributed by atoms with van der Waals surface area (Å²) in [5, 5.41) is 3.67. The zero-order chi connectivity index (χ0) is 14.3. The van der Waals surface area contributed by atoms with Crippen LogP contribution < -0.4 is 10.2 Å². The lowest BCUT2D eigenvalue weighted by Crippen LogP contribution is -2.23. The van der Waals surface area contributed by atoms with E-state index in [9.17, 15) is 9.59 Å². The molecule has 19 heavy (non-hydrogen) atoms.